The van der Waals surface area contributed by atoms with Crippen molar-refractivity contribution in [1.29, 1.82) is 0 Å². The van der Waals surface area contributed by atoms with Crippen molar-refractivity contribution in [2.24, 2.45) is 0 Å². The van der Waals surface area contributed by atoms with Crippen LogP contribution in [0.5, 0.6) is 17.2 Å². The van der Waals surface area contributed by atoms with Gasteiger partial charge in [-0.2, -0.15) is 0 Å². The molecular formula is C20H20N2O5. The smallest absolute Gasteiger partial charge is 0.251 e. The Labute approximate surface area is 156 Å². The second-order valence-electron chi connectivity index (χ2n) is 6.32. The predicted molar refractivity (Wildman–Crippen MR) is 97.9 cm³/mol. The molecule has 140 valence electrons. The van der Waals surface area contributed by atoms with Crippen LogP contribution in [0.25, 0.3) is 0 Å². The van der Waals surface area contributed by atoms with Crippen LogP contribution in [0.3, 0.4) is 0 Å². The number of nitrogens with zero attached hydrogens (tertiary/aromatic N) is 1. The molecule has 1 fully saturated rings. The zero-order valence-electron chi connectivity index (χ0n) is 14.9. The number of rotatable bonds is 6. The summed E-state index contributed by atoms with van der Waals surface area (Å²) < 4.78 is 16.1. The largest absolute Gasteiger partial charge is 0.494 e. The molecule has 0 bridgehead atoms. The lowest BCUT2D eigenvalue weighted by Gasteiger charge is -2.16. The molecule has 7 nitrogen and oxygen atoms in total. The quantitative estimate of drug-likeness (QED) is 0.788. The second-order valence-corrected chi connectivity index (χ2v) is 6.32. The molecule has 27 heavy (non-hydrogen) atoms. The van der Waals surface area contributed by atoms with Gasteiger partial charge in [0, 0.05) is 6.54 Å². The molecule has 0 aliphatic carbocycles. The van der Waals surface area contributed by atoms with Crippen molar-refractivity contribution in [2.75, 3.05) is 18.3 Å². The summed E-state index contributed by atoms with van der Waals surface area (Å²) in [6.07, 6.45) is 0.136. The Morgan fingerprint density at radius 2 is 1.89 bits per heavy atom. The molecular weight excluding hydrogens is 348 g/mol. The lowest BCUT2D eigenvalue weighted by Crippen LogP contribution is -2.38. The van der Waals surface area contributed by atoms with E-state index < -0.39 is 6.04 Å². The van der Waals surface area contributed by atoms with Gasteiger partial charge in [0.25, 0.3) is 5.91 Å². The summed E-state index contributed by atoms with van der Waals surface area (Å²) in [7, 11) is 0. The number of hydrogen-bond acceptors (Lipinski definition) is 6. The zero-order valence-corrected chi connectivity index (χ0v) is 14.9. The topological polar surface area (TPSA) is 77.1 Å². The maximum absolute atomic E-state index is 12.7. The van der Waals surface area contributed by atoms with Crippen molar-refractivity contribution in [3.8, 4) is 17.2 Å². The lowest BCUT2D eigenvalue weighted by molar-refractivity contribution is -0.121. The average molecular weight is 368 g/mol. The van der Waals surface area contributed by atoms with Gasteiger partial charge < -0.3 is 19.5 Å². The van der Waals surface area contributed by atoms with Crippen molar-refractivity contribution < 1.29 is 23.8 Å². The number of amides is 2. The minimum atomic E-state index is -0.547. The number of carbonyl (C=O) groups is 2. The normalized spacial score (nSPS) is 18.3. The van der Waals surface area contributed by atoms with Crippen LogP contribution in [-0.4, -0.2) is 31.3 Å². The van der Waals surface area contributed by atoms with Crippen molar-refractivity contribution in [3.63, 3.8) is 0 Å². The molecule has 0 spiro atoms. The summed E-state index contributed by atoms with van der Waals surface area (Å²) in [4.78, 5) is 26.3. The lowest BCUT2D eigenvalue weighted by atomic mass is 10.1. The molecule has 1 saturated heterocycles. The van der Waals surface area contributed by atoms with Crippen LogP contribution in [0.2, 0.25) is 0 Å². The molecule has 2 aromatic rings. The van der Waals surface area contributed by atoms with E-state index in [1.54, 1.807) is 24.3 Å². The summed E-state index contributed by atoms with van der Waals surface area (Å²) in [5.41, 5.74) is 1.51. The molecule has 0 aromatic heterocycles. The number of ether oxygens (including phenoxy) is 3. The van der Waals surface area contributed by atoms with Crippen molar-refractivity contribution in [1.82, 2.24) is 5.32 Å². The van der Waals surface area contributed by atoms with Crippen molar-refractivity contribution in [2.45, 2.75) is 25.9 Å². The van der Waals surface area contributed by atoms with Gasteiger partial charge in [-0.3, -0.25) is 9.59 Å². The van der Waals surface area contributed by atoms with Gasteiger partial charge in [-0.05, 0) is 48.9 Å². The zero-order chi connectivity index (χ0) is 18.8. The first-order valence-corrected chi connectivity index (χ1v) is 8.87. The maximum Gasteiger partial charge on any atom is 0.251 e. The number of nitrogens with one attached hydrogen (secondary N) is 1. The standard InChI is InChI=1S/C20H20N2O5/c1-2-25-15-6-4-14(5-7-15)22-19(23)10-16(20(22)24)21-11-13-3-8-17-18(9-13)27-12-26-17/h3-9,16,21H,2,10-12H2,1H3/t16-/m1/s1. The molecule has 1 atom stereocenters. The van der Waals surface area contributed by atoms with E-state index in [9.17, 15) is 9.59 Å². The van der Waals surface area contributed by atoms with E-state index in [1.807, 2.05) is 25.1 Å². The number of fused-ring (bicyclic) bond motifs is 1. The molecule has 2 heterocycles. The number of anilines is 1. The SMILES string of the molecule is CCOc1ccc(N2C(=O)C[C@@H](NCc3ccc4c(c3)OCO4)C2=O)cc1. The molecule has 1 N–H and O–H groups in total. The van der Waals surface area contributed by atoms with Gasteiger partial charge in [0.1, 0.15) is 5.75 Å². The van der Waals surface area contributed by atoms with Crippen molar-refractivity contribution in [3.05, 3.63) is 48.0 Å². The molecule has 2 aliphatic heterocycles. The summed E-state index contributed by atoms with van der Waals surface area (Å²) in [5, 5.41) is 3.17. The van der Waals surface area contributed by atoms with Gasteiger partial charge in [0.2, 0.25) is 12.7 Å². The maximum atomic E-state index is 12.7. The van der Waals surface area contributed by atoms with Crippen LogP contribution in [0.4, 0.5) is 5.69 Å². The molecule has 7 heteroatoms. The first-order valence-electron chi connectivity index (χ1n) is 8.87. The fourth-order valence-electron chi connectivity index (χ4n) is 3.21. The highest BCUT2D eigenvalue weighted by molar-refractivity contribution is 6.22. The summed E-state index contributed by atoms with van der Waals surface area (Å²) in [6, 6.07) is 12.0. The van der Waals surface area contributed by atoms with Crippen LogP contribution in [0, 0.1) is 0 Å². The molecule has 2 amide bonds. The van der Waals surface area contributed by atoms with Crippen LogP contribution < -0.4 is 24.4 Å². The van der Waals surface area contributed by atoms with Crippen LogP contribution >= 0.6 is 0 Å². The third-order valence-corrected chi connectivity index (χ3v) is 4.54. The first-order chi connectivity index (χ1) is 13.2. The van der Waals surface area contributed by atoms with Crippen LogP contribution in [0.1, 0.15) is 18.9 Å². The van der Waals surface area contributed by atoms with E-state index in [0.717, 1.165) is 5.56 Å². The highest BCUT2D eigenvalue weighted by Gasteiger charge is 2.39. The Morgan fingerprint density at radius 1 is 1.11 bits per heavy atom. The van der Waals surface area contributed by atoms with Gasteiger partial charge in [0.05, 0.1) is 24.8 Å². The van der Waals surface area contributed by atoms with E-state index >= 15 is 0 Å². The van der Waals surface area contributed by atoms with Gasteiger partial charge >= 0.3 is 0 Å². The van der Waals surface area contributed by atoms with Gasteiger partial charge in [-0.1, -0.05) is 6.07 Å². The molecule has 2 aliphatic rings. The molecule has 0 saturated carbocycles. The van der Waals surface area contributed by atoms with Gasteiger partial charge in [-0.15, -0.1) is 0 Å². The number of hydrogen-bond donors (Lipinski definition) is 1. The Bertz CT molecular complexity index is 865. The third-order valence-electron chi connectivity index (χ3n) is 4.54. The highest BCUT2D eigenvalue weighted by atomic mass is 16.7. The minimum absolute atomic E-state index is 0.136. The number of carbonyl (C=O) groups excluding carboxylic acids is 2. The van der Waals surface area contributed by atoms with Gasteiger partial charge in [-0.25, -0.2) is 4.90 Å². The Kier molecular flexibility index (Phi) is 4.68. The summed E-state index contributed by atoms with van der Waals surface area (Å²) >= 11 is 0. The van der Waals surface area contributed by atoms with Gasteiger partial charge in [0.15, 0.2) is 11.5 Å². The molecule has 2 aromatic carbocycles. The number of imide groups is 1. The first kappa shape index (κ1) is 17.4. The van der Waals surface area contributed by atoms with E-state index in [-0.39, 0.29) is 25.0 Å². The third kappa shape index (κ3) is 3.46. The molecule has 4 rings (SSSR count). The number of benzene rings is 2. The van der Waals surface area contributed by atoms with E-state index in [2.05, 4.69) is 5.32 Å². The summed E-state index contributed by atoms with van der Waals surface area (Å²) in [5.74, 6) is 1.65. The van der Waals surface area contributed by atoms with E-state index in [4.69, 9.17) is 14.2 Å². The van der Waals surface area contributed by atoms with E-state index in [0.29, 0.717) is 36.1 Å². The average Bonchev–Trinajstić information content (AvgIpc) is 3.25. The Balaban J connectivity index is 1.41. The monoisotopic (exact) mass is 368 g/mol. The second kappa shape index (κ2) is 7.28. The fraction of sp³-hybridized carbons (Fsp3) is 0.300. The van der Waals surface area contributed by atoms with E-state index in [1.165, 1.54) is 4.90 Å². The van der Waals surface area contributed by atoms with Crippen molar-refractivity contribution >= 4 is 17.5 Å². The van der Waals surface area contributed by atoms with Crippen LogP contribution in [-0.2, 0) is 16.1 Å². The Hall–Kier alpha value is -3.06. The molecule has 0 unspecified atom stereocenters. The minimum Gasteiger partial charge on any atom is -0.494 e. The fourth-order valence-corrected chi connectivity index (χ4v) is 3.21. The summed E-state index contributed by atoms with van der Waals surface area (Å²) in [6.45, 7) is 3.14. The molecule has 0 radical (unpaired) electrons. The van der Waals surface area contributed by atoms with Crippen LogP contribution in [0.15, 0.2) is 42.5 Å². The Morgan fingerprint density at radius 3 is 2.67 bits per heavy atom. The predicted octanol–water partition coefficient (Wildman–Crippen LogP) is 2.24. The highest BCUT2D eigenvalue weighted by Crippen LogP contribution is 2.32.